The highest BCUT2D eigenvalue weighted by Gasteiger charge is 2.44. The zero-order chi connectivity index (χ0) is 64.4. The molecular weight excluding hydrogens is 1130 g/mol. The first-order valence-corrected chi connectivity index (χ1v) is 29.8. The summed E-state index contributed by atoms with van der Waals surface area (Å²) in [5.74, 6) is -13.7. The van der Waals surface area contributed by atoms with Crippen molar-refractivity contribution in [3.05, 3.63) is 11.8 Å². The van der Waals surface area contributed by atoms with Gasteiger partial charge in [-0.2, -0.15) is 0 Å². The lowest BCUT2D eigenvalue weighted by molar-refractivity contribution is -0.151. The summed E-state index contributed by atoms with van der Waals surface area (Å²) in [5.41, 5.74) is 10.5. The minimum atomic E-state index is -2.02. The van der Waals surface area contributed by atoms with Crippen molar-refractivity contribution in [2.45, 2.75) is 230 Å². The number of carbonyl (C=O) groups excluding carboxylic acids is 12. The number of primary amides is 2. The average molecular weight is 1230 g/mol. The van der Waals surface area contributed by atoms with Gasteiger partial charge >= 0.3 is 0 Å². The van der Waals surface area contributed by atoms with E-state index < -0.39 is 187 Å². The zero-order valence-electron chi connectivity index (χ0n) is 50.8. The average Bonchev–Trinajstić information content (AvgIpc) is 3.90. The maximum absolute atomic E-state index is 14.7. The van der Waals surface area contributed by atoms with Crippen LogP contribution >= 0.6 is 11.6 Å². The van der Waals surface area contributed by atoms with Crippen LogP contribution in [0.1, 0.15) is 152 Å². The molecule has 2 fully saturated rings. The number of fused-ring (bicyclic) bond motifs is 1. The first-order chi connectivity index (χ1) is 39.9. The molecule has 0 aliphatic carbocycles. The van der Waals surface area contributed by atoms with Crippen molar-refractivity contribution in [1.82, 2.24) is 52.3 Å². The molecule has 14 unspecified atom stereocenters. The van der Waals surface area contributed by atoms with Gasteiger partial charge in [-0.15, -0.1) is 11.6 Å². The van der Waals surface area contributed by atoms with Gasteiger partial charge in [0.1, 0.15) is 48.0 Å². The second-order valence-corrected chi connectivity index (χ2v) is 23.1. The number of amides is 12. The SMILES string of the molecule is C/C=C1/NC(=O)C(C(C)C)NC(=O)C(O)C(C(C)CCCCCCCCCC(Cl)CC)NC(=O)C2CCCN2C(=O)C(CC(N)=O)N(C)C(=O)C(C(C)OC)NC(=O)CNC(=O)C(CCC(N)=O)NC(=O)C(C(C)O)NC(=O)C(C(C)O)NC1=O. The monoisotopic (exact) mass is 1230 g/mol. The van der Waals surface area contributed by atoms with Crippen LogP contribution in [0.2, 0.25) is 0 Å². The van der Waals surface area contributed by atoms with Crippen LogP contribution in [0.3, 0.4) is 0 Å². The summed E-state index contributed by atoms with van der Waals surface area (Å²) < 4.78 is 5.40. The predicted molar refractivity (Wildman–Crippen MR) is 311 cm³/mol. The topological polar surface area (TPSA) is 430 Å². The number of hydrogen-bond acceptors (Lipinski definition) is 16. The Morgan fingerprint density at radius 1 is 0.706 bits per heavy atom. The number of nitrogens with two attached hydrogens (primary N) is 2. The molecule has 2 aliphatic rings. The highest BCUT2D eigenvalue weighted by atomic mass is 35.5. The molecule has 0 bridgehead atoms. The maximum Gasteiger partial charge on any atom is 0.268 e. The van der Waals surface area contributed by atoms with Crippen LogP contribution in [0.25, 0.3) is 0 Å². The third-order valence-corrected chi connectivity index (χ3v) is 15.8. The number of aliphatic hydroxyl groups is 3. The van der Waals surface area contributed by atoms with Crippen molar-refractivity contribution < 1.29 is 77.6 Å². The quantitative estimate of drug-likeness (QED) is 0.0316. The van der Waals surface area contributed by atoms with Crippen molar-refractivity contribution >= 4 is 82.5 Å². The van der Waals surface area contributed by atoms with Gasteiger partial charge in [0.15, 0.2) is 6.10 Å². The zero-order valence-corrected chi connectivity index (χ0v) is 51.6. The summed E-state index contributed by atoms with van der Waals surface area (Å²) in [7, 11) is 2.38. The van der Waals surface area contributed by atoms with E-state index in [4.69, 9.17) is 27.8 Å². The van der Waals surface area contributed by atoms with Crippen molar-refractivity contribution in [3.63, 3.8) is 0 Å². The van der Waals surface area contributed by atoms with Crippen LogP contribution in [0.15, 0.2) is 11.8 Å². The van der Waals surface area contributed by atoms with E-state index in [0.717, 1.165) is 81.1 Å². The summed E-state index contributed by atoms with van der Waals surface area (Å²) in [6.07, 6.45) is 1.83. The number of hydrogen-bond donors (Lipinski definition) is 13. The van der Waals surface area contributed by atoms with Gasteiger partial charge in [-0.25, -0.2) is 0 Å². The Labute approximate surface area is 502 Å². The fourth-order valence-electron chi connectivity index (χ4n) is 9.87. The highest BCUT2D eigenvalue weighted by molar-refractivity contribution is 6.20. The number of nitrogens with zero attached hydrogens (tertiary/aromatic N) is 2. The van der Waals surface area contributed by atoms with Crippen molar-refractivity contribution in [3.8, 4) is 0 Å². The number of ether oxygens (including phenoxy) is 1. The smallest absolute Gasteiger partial charge is 0.268 e. The number of methoxy groups -OCH3 is 1. The van der Waals surface area contributed by atoms with E-state index in [1.54, 1.807) is 20.8 Å². The molecule has 2 rings (SSSR count). The number of likely N-dealkylation sites (N-methyl/N-ethyl adjacent to an activating group) is 1. The second kappa shape index (κ2) is 37.2. The van der Waals surface area contributed by atoms with Crippen LogP contribution in [0.4, 0.5) is 0 Å². The lowest BCUT2D eigenvalue weighted by atomic mass is 9.90. The van der Waals surface area contributed by atoms with Gasteiger partial charge < -0.3 is 83.9 Å². The lowest BCUT2D eigenvalue weighted by Crippen LogP contribution is -2.62. The van der Waals surface area contributed by atoms with Crippen molar-refractivity contribution in [2.24, 2.45) is 23.3 Å². The number of nitrogens with one attached hydrogen (secondary N) is 8. The maximum atomic E-state index is 14.7. The van der Waals surface area contributed by atoms with E-state index in [-0.39, 0.29) is 24.8 Å². The molecule has 2 heterocycles. The predicted octanol–water partition coefficient (Wildman–Crippen LogP) is -2.02. The molecule has 12 amide bonds. The Kier molecular flexibility index (Phi) is 32.6. The van der Waals surface area contributed by atoms with Gasteiger partial charge in [0, 0.05) is 32.5 Å². The molecule has 0 aromatic rings. The van der Waals surface area contributed by atoms with Crippen LogP contribution in [-0.2, 0) is 62.3 Å². The number of carbonyl (C=O) groups is 12. The first-order valence-electron chi connectivity index (χ1n) is 29.3. The molecule has 85 heavy (non-hydrogen) atoms. The normalized spacial score (nSPS) is 26.9. The number of allylic oxidation sites excluding steroid dienone is 1. The molecule has 28 nitrogen and oxygen atoms in total. The summed E-state index contributed by atoms with van der Waals surface area (Å²) in [6.45, 7) is 10.9. The van der Waals surface area contributed by atoms with E-state index in [1.807, 2.05) is 6.92 Å². The molecule has 0 spiro atoms. The van der Waals surface area contributed by atoms with Crippen LogP contribution in [0.5, 0.6) is 0 Å². The van der Waals surface area contributed by atoms with Gasteiger partial charge in [-0.3, -0.25) is 57.5 Å². The standard InChI is InChI=1S/C56H95ClN12O16/c1-11-34(57)22-19-17-15-13-14-16-18-21-30(5)43-47(75)54(82)64-42(29(3)4)51(79)61-35(12-2)49(77)66-45(32(7)71)53(81)67-44(31(6)70)52(80)62-36(24-25-39(58)72)48(76)60-28-41(74)63-46(33(8)85-10)56(84)68(9)38(27-40(59)73)55(83)69-26-20-23-37(69)50(78)65-43/h12,29-34,36-38,42-47,70-71,75H,11,13-28H2,1-10H3,(H2,58,72)(H2,59,73)(H,60,76)(H,61,79)(H,62,80)(H,63,74)(H,64,82)(H,65,78)(H,66,77)(H,67,81)/b35-12+. The lowest BCUT2D eigenvalue weighted by Gasteiger charge is -2.36. The number of aliphatic hydroxyl groups excluding tert-OH is 3. The van der Waals surface area contributed by atoms with Gasteiger partial charge in [0.25, 0.3) is 11.8 Å². The third-order valence-electron chi connectivity index (χ3n) is 15.3. The molecule has 0 aromatic carbocycles. The summed E-state index contributed by atoms with van der Waals surface area (Å²) >= 11 is 6.28. The van der Waals surface area contributed by atoms with Crippen molar-refractivity contribution in [2.75, 3.05) is 27.2 Å². The Hall–Kier alpha value is -6.49. The van der Waals surface area contributed by atoms with E-state index >= 15 is 0 Å². The molecule has 0 radical (unpaired) electrons. The number of alkyl halides is 1. The van der Waals surface area contributed by atoms with E-state index in [2.05, 4.69) is 42.5 Å². The molecule has 2 aliphatic heterocycles. The second-order valence-electron chi connectivity index (χ2n) is 22.4. The molecule has 2 saturated heterocycles. The Morgan fingerprint density at radius 2 is 1.27 bits per heavy atom. The number of unbranched alkanes of at least 4 members (excludes halogenated alkanes) is 6. The van der Waals surface area contributed by atoms with Gasteiger partial charge in [-0.05, 0) is 78.1 Å². The van der Waals surface area contributed by atoms with Crippen LogP contribution < -0.4 is 54.0 Å². The molecule has 0 aromatic heterocycles. The summed E-state index contributed by atoms with van der Waals surface area (Å²) in [6, 6.07) is -12.8. The summed E-state index contributed by atoms with van der Waals surface area (Å²) in [4.78, 5) is 167. The highest BCUT2D eigenvalue weighted by Crippen LogP contribution is 2.25. The van der Waals surface area contributed by atoms with Gasteiger partial charge in [-0.1, -0.05) is 78.7 Å². The molecule has 482 valence electrons. The van der Waals surface area contributed by atoms with Gasteiger partial charge in [0.05, 0.1) is 37.3 Å². The Morgan fingerprint density at radius 3 is 1.81 bits per heavy atom. The molecule has 0 saturated carbocycles. The number of rotatable bonds is 22. The first kappa shape index (κ1) is 74.6. The van der Waals surface area contributed by atoms with Crippen LogP contribution in [-0.4, -0.2) is 201 Å². The minimum Gasteiger partial charge on any atom is -0.391 e. The van der Waals surface area contributed by atoms with E-state index in [9.17, 15) is 72.9 Å². The largest absolute Gasteiger partial charge is 0.391 e. The van der Waals surface area contributed by atoms with Crippen LogP contribution in [0, 0.1) is 11.8 Å². The molecular formula is C56H95ClN12O16. The fraction of sp³-hybridized carbons (Fsp3) is 0.750. The molecule has 15 N–H and O–H groups in total. The molecule has 29 heteroatoms. The van der Waals surface area contributed by atoms with Crippen molar-refractivity contribution in [1.29, 1.82) is 0 Å². The fourth-order valence-corrected chi connectivity index (χ4v) is 10.0. The Balaban J connectivity index is 2.76. The van der Waals surface area contributed by atoms with E-state index in [1.165, 1.54) is 28.0 Å². The third kappa shape index (κ3) is 24.1. The summed E-state index contributed by atoms with van der Waals surface area (Å²) in [5, 5.41) is 52.8. The van der Waals surface area contributed by atoms with E-state index in [0.29, 0.717) is 12.8 Å². The molecule has 14 atom stereocenters. The number of halogens is 1. The minimum absolute atomic E-state index is 0.0403. The Bertz CT molecular complexity index is 2340. The van der Waals surface area contributed by atoms with Gasteiger partial charge in [0.2, 0.25) is 59.1 Å².